The second-order valence-electron chi connectivity index (χ2n) is 6.44. The Kier molecular flexibility index (Phi) is 2.43. The van der Waals surface area contributed by atoms with Crippen LogP contribution in [0.25, 0.3) is 0 Å². The second-order valence-corrected chi connectivity index (χ2v) is 6.44. The maximum Gasteiger partial charge on any atom is 0.0927 e. The minimum absolute atomic E-state index is 0.138. The predicted molar refractivity (Wildman–Crippen MR) is 66.2 cm³/mol. The van der Waals surface area contributed by atoms with Crippen LogP contribution in [0.15, 0.2) is 11.6 Å². The van der Waals surface area contributed by atoms with E-state index in [0.717, 1.165) is 30.3 Å². The molecule has 0 N–H and O–H groups in total. The Labute approximate surface area is 99.3 Å². The van der Waals surface area contributed by atoms with Crippen molar-refractivity contribution in [1.29, 1.82) is 0 Å². The minimum Gasteiger partial charge on any atom is -0.370 e. The van der Waals surface area contributed by atoms with Crippen LogP contribution in [0.2, 0.25) is 0 Å². The van der Waals surface area contributed by atoms with Gasteiger partial charge in [0.1, 0.15) is 0 Å². The van der Waals surface area contributed by atoms with Crippen LogP contribution in [0.4, 0.5) is 0 Å². The molecule has 1 nitrogen and oxygen atoms in total. The molecule has 0 amide bonds. The van der Waals surface area contributed by atoms with Gasteiger partial charge >= 0.3 is 0 Å². The van der Waals surface area contributed by atoms with E-state index in [2.05, 4.69) is 26.8 Å². The van der Waals surface area contributed by atoms with E-state index in [1.54, 1.807) is 5.57 Å². The van der Waals surface area contributed by atoms with Gasteiger partial charge in [-0.1, -0.05) is 25.5 Å². The van der Waals surface area contributed by atoms with Gasteiger partial charge in [0.05, 0.1) is 12.2 Å². The lowest BCUT2D eigenvalue weighted by atomic mass is 9.58. The Balaban J connectivity index is 2.03. The molecule has 1 saturated carbocycles. The van der Waals surface area contributed by atoms with Crippen molar-refractivity contribution >= 4 is 0 Å². The van der Waals surface area contributed by atoms with Gasteiger partial charge in [-0.3, -0.25) is 0 Å². The van der Waals surface area contributed by atoms with Gasteiger partial charge in [0, 0.05) is 0 Å². The van der Waals surface area contributed by atoms with Crippen molar-refractivity contribution < 1.29 is 4.74 Å². The fourth-order valence-electron chi connectivity index (χ4n) is 4.53. The highest BCUT2D eigenvalue weighted by Crippen LogP contribution is 2.55. The fourth-order valence-corrected chi connectivity index (χ4v) is 4.53. The molecule has 2 aliphatic carbocycles. The highest BCUT2D eigenvalue weighted by atomic mass is 16.5. The van der Waals surface area contributed by atoms with Crippen LogP contribution in [-0.2, 0) is 4.74 Å². The molecule has 1 spiro atoms. The highest BCUT2D eigenvalue weighted by Gasteiger charge is 2.56. The quantitative estimate of drug-likeness (QED) is 0.564. The van der Waals surface area contributed by atoms with Crippen molar-refractivity contribution in [2.75, 3.05) is 6.61 Å². The molecule has 2 fully saturated rings. The fraction of sp³-hybridized carbons (Fsp3) is 0.867. The molecule has 1 aliphatic heterocycles. The Bertz CT molecular complexity index is 319. The average Bonchev–Trinajstić information content (AvgIpc) is 2.55. The number of allylic oxidation sites excluding steroid dienone is 1. The summed E-state index contributed by atoms with van der Waals surface area (Å²) in [5.74, 6) is 3.20. The third kappa shape index (κ3) is 1.33. The van der Waals surface area contributed by atoms with Crippen LogP contribution in [0.1, 0.15) is 46.5 Å². The summed E-state index contributed by atoms with van der Waals surface area (Å²) in [7, 11) is 0. The molecule has 3 aliphatic rings. The van der Waals surface area contributed by atoms with Crippen LogP contribution in [-0.4, -0.2) is 12.2 Å². The summed E-state index contributed by atoms with van der Waals surface area (Å²) in [5, 5.41) is 0. The third-order valence-electron chi connectivity index (χ3n) is 5.38. The van der Waals surface area contributed by atoms with E-state index in [9.17, 15) is 0 Å². The third-order valence-corrected chi connectivity index (χ3v) is 5.38. The van der Waals surface area contributed by atoms with Crippen LogP contribution >= 0.6 is 0 Å². The van der Waals surface area contributed by atoms with Crippen LogP contribution in [0, 0.1) is 23.7 Å². The SMILES string of the molecule is CC1=C[C@]23OC[C@H](C)[C@@H]2CC[C@@H](C)[C@@H]3CC1. The van der Waals surface area contributed by atoms with Crippen molar-refractivity contribution in [2.45, 2.75) is 52.1 Å². The minimum atomic E-state index is 0.138. The van der Waals surface area contributed by atoms with Gasteiger partial charge in [-0.05, 0) is 56.3 Å². The van der Waals surface area contributed by atoms with E-state index in [0.29, 0.717) is 0 Å². The van der Waals surface area contributed by atoms with Crippen molar-refractivity contribution in [3.63, 3.8) is 0 Å². The van der Waals surface area contributed by atoms with Gasteiger partial charge < -0.3 is 4.74 Å². The zero-order chi connectivity index (χ0) is 11.3. The number of ether oxygens (including phenoxy) is 1. The first-order chi connectivity index (χ1) is 7.63. The van der Waals surface area contributed by atoms with E-state index < -0.39 is 0 Å². The first-order valence-electron chi connectivity index (χ1n) is 6.96. The lowest BCUT2D eigenvalue weighted by Gasteiger charge is -2.49. The van der Waals surface area contributed by atoms with Gasteiger partial charge in [0.15, 0.2) is 0 Å². The van der Waals surface area contributed by atoms with Crippen molar-refractivity contribution in [2.24, 2.45) is 23.7 Å². The van der Waals surface area contributed by atoms with Crippen LogP contribution in [0.3, 0.4) is 0 Å². The molecule has 0 unspecified atom stereocenters. The molecule has 0 aromatic rings. The molecule has 1 heteroatoms. The standard InChI is InChI=1S/C15H24O/c1-10-4-6-13-11(2)5-7-14-12(3)9-16-15(13,14)8-10/h8,11-14H,4-7,9H2,1-3H3/t11-,12+,13+,14+,15-/m1/s1. The van der Waals surface area contributed by atoms with E-state index in [-0.39, 0.29) is 5.60 Å². The Morgan fingerprint density at radius 3 is 2.69 bits per heavy atom. The summed E-state index contributed by atoms with van der Waals surface area (Å²) >= 11 is 0. The number of hydrogen-bond acceptors (Lipinski definition) is 1. The summed E-state index contributed by atoms with van der Waals surface area (Å²) < 4.78 is 6.33. The van der Waals surface area contributed by atoms with Gasteiger partial charge in [0.25, 0.3) is 0 Å². The molecule has 5 atom stereocenters. The van der Waals surface area contributed by atoms with Crippen molar-refractivity contribution in [1.82, 2.24) is 0 Å². The van der Waals surface area contributed by atoms with E-state index >= 15 is 0 Å². The Morgan fingerprint density at radius 1 is 1.12 bits per heavy atom. The maximum atomic E-state index is 6.33. The summed E-state index contributed by atoms with van der Waals surface area (Å²) in [5.41, 5.74) is 1.70. The number of rotatable bonds is 0. The highest BCUT2D eigenvalue weighted by molar-refractivity contribution is 5.22. The van der Waals surface area contributed by atoms with Gasteiger partial charge in [0.2, 0.25) is 0 Å². The van der Waals surface area contributed by atoms with E-state index in [1.165, 1.54) is 25.7 Å². The molecule has 16 heavy (non-hydrogen) atoms. The van der Waals surface area contributed by atoms with E-state index in [1.807, 2.05) is 0 Å². The number of hydrogen-bond donors (Lipinski definition) is 0. The molecule has 0 radical (unpaired) electrons. The molecule has 0 aromatic carbocycles. The topological polar surface area (TPSA) is 9.23 Å². The zero-order valence-corrected chi connectivity index (χ0v) is 10.8. The summed E-state index contributed by atoms with van der Waals surface area (Å²) in [4.78, 5) is 0. The molecule has 3 rings (SSSR count). The largest absolute Gasteiger partial charge is 0.370 e. The van der Waals surface area contributed by atoms with E-state index in [4.69, 9.17) is 4.74 Å². The van der Waals surface area contributed by atoms with Gasteiger partial charge in [-0.2, -0.15) is 0 Å². The lowest BCUT2D eigenvalue weighted by Crippen LogP contribution is -2.50. The van der Waals surface area contributed by atoms with Gasteiger partial charge in [-0.25, -0.2) is 0 Å². The monoisotopic (exact) mass is 220 g/mol. The second kappa shape index (κ2) is 3.60. The molecule has 1 heterocycles. The maximum absolute atomic E-state index is 6.33. The Hall–Kier alpha value is -0.300. The average molecular weight is 220 g/mol. The molecule has 0 aromatic heterocycles. The summed E-state index contributed by atoms with van der Waals surface area (Å²) in [6, 6.07) is 0. The lowest BCUT2D eigenvalue weighted by molar-refractivity contribution is -0.0784. The first-order valence-corrected chi connectivity index (χ1v) is 6.96. The normalized spacial score (nSPS) is 51.8. The van der Waals surface area contributed by atoms with Crippen molar-refractivity contribution in [3.8, 4) is 0 Å². The molecule has 1 saturated heterocycles. The first kappa shape index (κ1) is 10.8. The molecule has 0 bridgehead atoms. The molecular formula is C15H24O. The van der Waals surface area contributed by atoms with Gasteiger partial charge in [-0.15, -0.1) is 0 Å². The van der Waals surface area contributed by atoms with Crippen molar-refractivity contribution in [3.05, 3.63) is 11.6 Å². The predicted octanol–water partition coefficient (Wildman–Crippen LogP) is 3.79. The summed E-state index contributed by atoms with van der Waals surface area (Å²) in [6.07, 6.45) is 7.94. The molecular weight excluding hydrogens is 196 g/mol. The van der Waals surface area contributed by atoms with Crippen LogP contribution < -0.4 is 0 Å². The van der Waals surface area contributed by atoms with Crippen LogP contribution in [0.5, 0.6) is 0 Å². The summed E-state index contributed by atoms with van der Waals surface area (Å²) in [6.45, 7) is 8.08. The Morgan fingerprint density at radius 2 is 1.88 bits per heavy atom. The molecule has 90 valence electrons. The smallest absolute Gasteiger partial charge is 0.0927 e. The zero-order valence-electron chi connectivity index (χ0n) is 10.8.